The predicted octanol–water partition coefficient (Wildman–Crippen LogP) is 2.54. The van der Waals surface area contributed by atoms with Gasteiger partial charge in [-0.3, -0.25) is 14.9 Å². The van der Waals surface area contributed by atoms with Crippen LogP contribution in [0.15, 0.2) is 42.5 Å². The van der Waals surface area contributed by atoms with Crippen molar-refractivity contribution in [1.29, 1.82) is 0 Å². The van der Waals surface area contributed by atoms with Crippen molar-refractivity contribution in [2.75, 3.05) is 11.4 Å². The Morgan fingerprint density at radius 3 is 2.75 bits per heavy atom. The van der Waals surface area contributed by atoms with Crippen LogP contribution >= 0.6 is 0 Å². The van der Waals surface area contributed by atoms with Gasteiger partial charge in [-0.2, -0.15) is 4.80 Å². The molecule has 142 valence electrons. The number of carbonyl (C=O) groups excluding carboxylic acids is 1. The number of hydrogen-bond donors (Lipinski definition) is 0. The summed E-state index contributed by atoms with van der Waals surface area (Å²) in [6.45, 7) is 2.51. The number of non-ortho nitro benzene ring substituents is 1. The van der Waals surface area contributed by atoms with Gasteiger partial charge >= 0.3 is 0 Å². The highest BCUT2D eigenvalue weighted by molar-refractivity contribution is 5.94. The number of rotatable bonds is 4. The number of aryl methyl sites for hydroxylation is 2. The molecule has 1 amide bonds. The SMILES string of the molecule is Cc1ccc(-c2nnn(CC(=O)N3CCCc4cc([N+](=O)[O-])ccc43)n2)cc1. The number of nitro benzene ring substituents is 1. The van der Waals surface area contributed by atoms with Crippen molar-refractivity contribution in [1.82, 2.24) is 20.2 Å². The number of aromatic nitrogens is 4. The molecule has 0 unspecified atom stereocenters. The summed E-state index contributed by atoms with van der Waals surface area (Å²) < 4.78 is 0. The first kappa shape index (κ1) is 17.8. The number of fused-ring (bicyclic) bond motifs is 1. The Morgan fingerprint density at radius 2 is 2.00 bits per heavy atom. The highest BCUT2D eigenvalue weighted by Gasteiger charge is 2.25. The third-order valence-electron chi connectivity index (χ3n) is 4.73. The average molecular weight is 378 g/mol. The Kier molecular flexibility index (Phi) is 4.56. The number of hydrogen-bond acceptors (Lipinski definition) is 6. The minimum Gasteiger partial charge on any atom is -0.310 e. The molecule has 1 aliphatic rings. The van der Waals surface area contributed by atoms with Crippen LogP contribution in [0.2, 0.25) is 0 Å². The lowest BCUT2D eigenvalue weighted by Crippen LogP contribution is -2.38. The largest absolute Gasteiger partial charge is 0.310 e. The van der Waals surface area contributed by atoms with E-state index in [0.717, 1.165) is 23.1 Å². The van der Waals surface area contributed by atoms with Crippen LogP contribution in [0.25, 0.3) is 11.4 Å². The summed E-state index contributed by atoms with van der Waals surface area (Å²) in [6.07, 6.45) is 1.46. The molecule has 0 atom stereocenters. The number of benzene rings is 2. The molecule has 3 aromatic rings. The molecule has 1 aliphatic heterocycles. The van der Waals surface area contributed by atoms with Crippen molar-refractivity contribution < 1.29 is 9.72 Å². The lowest BCUT2D eigenvalue weighted by atomic mass is 10.0. The Bertz CT molecular complexity index is 1040. The van der Waals surface area contributed by atoms with E-state index in [0.29, 0.717) is 24.5 Å². The van der Waals surface area contributed by atoms with E-state index in [9.17, 15) is 14.9 Å². The fourth-order valence-electron chi connectivity index (χ4n) is 3.29. The zero-order valence-corrected chi connectivity index (χ0v) is 15.3. The van der Waals surface area contributed by atoms with Crippen LogP contribution in [0.4, 0.5) is 11.4 Å². The summed E-state index contributed by atoms with van der Waals surface area (Å²) in [5.74, 6) is 0.283. The number of carbonyl (C=O) groups is 1. The van der Waals surface area contributed by atoms with Crippen LogP contribution in [0.3, 0.4) is 0 Å². The first-order valence-electron chi connectivity index (χ1n) is 8.94. The molecule has 28 heavy (non-hydrogen) atoms. The molecule has 0 radical (unpaired) electrons. The van der Waals surface area contributed by atoms with Crippen LogP contribution < -0.4 is 4.90 Å². The van der Waals surface area contributed by atoms with Gasteiger partial charge in [-0.05, 0) is 36.6 Å². The number of nitrogens with zero attached hydrogens (tertiary/aromatic N) is 6. The Labute approximate surface area is 160 Å². The minimum absolute atomic E-state index is 0.0359. The van der Waals surface area contributed by atoms with E-state index in [-0.39, 0.29) is 18.1 Å². The number of tetrazole rings is 1. The molecule has 0 fully saturated rings. The third-order valence-corrected chi connectivity index (χ3v) is 4.73. The molecule has 0 N–H and O–H groups in total. The van der Waals surface area contributed by atoms with Gasteiger partial charge in [-0.25, -0.2) is 0 Å². The fraction of sp³-hybridized carbons (Fsp3) is 0.263. The molecule has 9 nitrogen and oxygen atoms in total. The van der Waals surface area contributed by atoms with Gasteiger partial charge in [-0.1, -0.05) is 29.8 Å². The van der Waals surface area contributed by atoms with E-state index < -0.39 is 4.92 Å². The topological polar surface area (TPSA) is 107 Å². The molecular formula is C19H18N6O3. The van der Waals surface area contributed by atoms with Gasteiger partial charge in [0, 0.05) is 29.9 Å². The molecule has 0 bridgehead atoms. The molecule has 9 heteroatoms. The Morgan fingerprint density at radius 1 is 1.21 bits per heavy atom. The van der Waals surface area contributed by atoms with E-state index in [1.165, 1.54) is 16.9 Å². The highest BCUT2D eigenvalue weighted by Crippen LogP contribution is 2.30. The van der Waals surface area contributed by atoms with Crippen molar-refractivity contribution in [2.45, 2.75) is 26.3 Å². The van der Waals surface area contributed by atoms with Crippen molar-refractivity contribution >= 4 is 17.3 Å². The zero-order chi connectivity index (χ0) is 19.7. The second kappa shape index (κ2) is 7.18. The summed E-state index contributed by atoms with van der Waals surface area (Å²) in [5, 5.41) is 23.3. The van der Waals surface area contributed by atoms with Crippen molar-refractivity contribution in [2.24, 2.45) is 0 Å². The summed E-state index contributed by atoms with van der Waals surface area (Å²) in [5.41, 5.74) is 3.52. The second-order valence-corrected chi connectivity index (χ2v) is 6.73. The highest BCUT2D eigenvalue weighted by atomic mass is 16.6. The summed E-state index contributed by atoms with van der Waals surface area (Å²) in [4.78, 5) is 26.3. The van der Waals surface area contributed by atoms with Crippen LogP contribution in [0.1, 0.15) is 17.5 Å². The van der Waals surface area contributed by atoms with Gasteiger partial charge in [0.15, 0.2) is 0 Å². The summed E-state index contributed by atoms with van der Waals surface area (Å²) >= 11 is 0. The second-order valence-electron chi connectivity index (χ2n) is 6.73. The molecule has 2 aromatic carbocycles. The molecule has 0 saturated heterocycles. The Hall–Kier alpha value is -3.62. The van der Waals surface area contributed by atoms with Gasteiger partial charge in [0.25, 0.3) is 11.6 Å². The maximum absolute atomic E-state index is 12.8. The zero-order valence-electron chi connectivity index (χ0n) is 15.3. The maximum Gasteiger partial charge on any atom is 0.269 e. The summed E-state index contributed by atoms with van der Waals surface area (Å²) in [7, 11) is 0. The van der Waals surface area contributed by atoms with E-state index in [4.69, 9.17) is 0 Å². The van der Waals surface area contributed by atoms with Crippen LogP contribution in [0.5, 0.6) is 0 Å². The predicted molar refractivity (Wildman–Crippen MR) is 102 cm³/mol. The van der Waals surface area contributed by atoms with Gasteiger partial charge < -0.3 is 4.90 Å². The lowest BCUT2D eigenvalue weighted by Gasteiger charge is -2.29. The Balaban J connectivity index is 1.52. The molecule has 2 heterocycles. The fourth-order valence-corrected chi connectivity index (χ4v) is 3.29. The molecule has 4 rings (SSSR count). The van der Waals surface area contributed by atoms with E-state index >= 15 is 0 Å². The number of nitro groups is 1. The average Bonchev–Trinajstić information content (AvgIpc) is 3.16. The lowest BCUT2D eigenvalue weighted by molar-refractivity contribution is -0.384. The molecule has 0 aliphatic carbocycles. The first-order valence-corrected chi connectivity index (χ1v) is 8.94. The number of amides is 1. The molecular weight excluding hydrogens is 360 g/mol. The van der Waals surface area contributed by atoms with Gasteiger partial charge in [0.05, 0.1) is 4.92 Å². The van der Waals surface area contributed by atoms with Crippen LogP contribution in [-0.4, -0.2) is 37.6 Å². The maximum atomic E-state index is 12.8. The first-order chi connectivity index (χ1) is 13.5. The van der Waals surface area contributed by atoms with Crippen LogP contribution in [0, 0.1) is 17.0 Å². The van der Waals surface area contributed by atoms with Crippen molar-refractivity contribution in [3.05, 3.63) is 63.7 Å². The number of anilines is 1. The van der Waals surface area contributed by atoms with E-state index in [2.05, 4.69) is 15.4 Å². The monoisotopic (exact) mass is 378 g/mol. The quantitative estimate of drug-likeness (QED) is 0.510. The normalized spacial score (nSPS) is 13.2. The molecule has 0 saturated carbocycles. The molecule has 1 aromatic heterocycles. The van der Waals surface area contributed by atoms with Gasteiger partial charge in [0.2, 0.25) is 5.82 Å². The summed E-state index contributed by atoms with van der Waals surface area (Å²) in [6, 6.07) is 12.3. The standard InChI is InChI=1S/C19H18N6O3/c1-13-4-6-14(7-5-13)19-20-22-24(21-19)12-18(26)23-10-2-3-15-11-16(25(27)28)8-9-17(15)23/h4-9,11H,2-3,10,12H2,1H3. The molecule has 0 spiro atoms. The minimum atomic E-state index is -0.424. The van der Waals surface area contributed by atoms with Gasteiger partial charge in [0.1, 0.15) is 6.54 Å². The smallest absolute Gasteiger partial charge is 0.269 e. The third kappa shape index (κ3) is 3.46. The van der Waals surface area contributed by atoms with Gasteiger partial charge in [-0.15, -0.1) is 10.2 Å². The van der Waals surface area contributed by atoms with Crippen LogP contribution in [-0.2, 0) is 17.8 Å². The van der Waals surface area contributed by atoms with E-state index in [1.54, 1.807) is 11.0 Å². The van der Waals surface area contributed by atoms with Crippen molar-refractivity contribution in [3.8, 4) is 11.4 Å². The van der Waals surface area contributed by atoms with E-state index in [1.807, 2.05) is 31.2 Å². The van der Waals surface area contributed by atoms with Crippen molar-refractivity contribution in [3.63, 3.8) is 0 Å².